The quantitative estimate of drug-likeness (QED) is 0.648. The molecule has 2 aromatic carbocycles. The Bertz CT molecular complexity index is 797. The fourth-order valence-electron chi connectivity index (χ4n) is 2.41. The second kappa shape index (κ2) is 5.70. The standard InChI is InChI=1S/C16H15BrClN3/c1-9(13-5-3-11(17)7-14(13)18)19-12-4-6-15-16(8-12)21-10(2)20-15/h3-9,19H,1-2H3,(H,20,21). The van der Waals surface area contributed by atoms with E-state index in [4.69, 9.17) is 11.6 Å². The number of hydrogen-bond donors (Lipinski definition) is 2. The fourth-order valence-corrected chi connectivity index (χ4v) is 3.24. The maximum atomic E-state index is 6.30. The molecule has 3 rings (SSSR count). The number of rotatable bonds is 3. The first kappa shape index (κ1) is 14.4. The molecule has 0 spiro atoms. The number of aryl methyl sites for hydroxylation is 1. The van der Waals surface area contributed by atoms with Gasteiger partial charge in [-0.15, -0.1) is 0 Å². The fraction of sp³-hybridized carbons (Fsp3) is 0.188. The molecule has 1 atom stereocenters. The predicted molar refractivity (Wildman–Crippen MR) is 92.0 cm³/mol. The van der Waals surface area contributed by atoms with Gasteiger partial charge in [-0.1, -0.05) is 33.6 Å². The van der Waals surface area contributed by atoms with Gasteiger partial charge in [0.15, 0.2) is 0 Å². The largest absolute Gasteiger partial charge is 0.378 e. The van der Waals surface area contributed by atoms with Crippen LogP contribution in [-0.4, -0.2) is 9.97 Å². The number of nitrogens with zero attached hydrogens (tertiary/aromatic N) is 1. The van der Waals surface area contributed by atoms with Crippen LogP contribution in [0.3, 0.4) is 0 Å². The van der Waals surface area contributed by atoms with Crippen LogP contribution in [0, 0.1) is 6.92 Å². The van der Waals surface area contributed by atoms with Gasteiger partial charge in [0.1, 0.15) is 5.82 Å². The van der Waals surface area contributed by atoms with E-state index >= 15 is 0 Å². The van der Waals surface area contributed by atoms with Crippen LogP contribution in [0.2, 0.25) is 5.02 Å². The Kier molecular flexibility index (Phi) is 3.91. The summed E-state index contributed by atoms with van der Waals surface area (Å²) in [6, 6.07) is 12.2. The molecule has 3 nitrogen and oxygen atoms in total. The van der Waals surface area contributed by atoms with Gasteiger partial charge in [-0.25, -0.2) is 4.98 Å². The lowest BCUT2D eigenvalue weighted by molar-refractivity contribution is 0.885. The maximum absolute atomic E-state index is 6.30. The molecule has 0 aliphatic carbocycles. The van der Waals surface area contributed by atoms with Crippen molar-refractivity contribution in [2.24, 2.45) is 0 Å². The van der Waals surface area contributed by atoms with Crippen molar-refractivity contribution in [1.29, 1.82) is 0 Å². The minimum Gasteiger partial charge on any atom is -0.378 e. The molecule has 2 N–H and O–H groups in total. The molecule has 0 saturated heterocycles. The van der Waals surface area contributed by atoms with Crippen LogP contribution in [0.1, 0.15) is 24.4 Å². The molecular formula is C16H15BrClN3. The summed E-state index contributed by atoms with van der Waals surface area (Å²) in [6.45, 7) is 4.05. The maximum Gasteiger partial charge on any atom is 0.104 e. The van der Waals surface area contributed by atoms with E-state index in [1.54, 1.807) is 0 Å². The van der Waals surface area contributed by atoms with Crippen molar-refractivity contribution in [3.05, 3.63) is 57.3 Å². The van der Waals surface area contributed by atoms with Crippen molar-refractivity contribution in [3.63, 3.8) is 0 Å². The van der Waals surface area contributed by atoms with Crippen molar-refractivity contribution in [3.8, 4) is 0 Å². The normalized spacial score (nSPS) is 12.6. The summed E-state index contributed by atoms with van der Waals surface area (Å²) in [5.74, 6) is 0.922. The Labute approximate surface area is 136 Å². The summed E-state index contributed by atoms with van der Waals surface area (Å²) in [5.41, 5.74) is 4.12. The highest BCUT2D eigenvalue weighted by Gasteiger charge is 2.10. The summed E-state index contributed by atoms with van der Waals surface area (Å²) >= 11 is 9.73. The number of aromatic amines is 1. The van der Waals surface area contributed by atoms with Gasteiger partial charge in [0, 0.05) is 21.2 Å². The van der Waals surface area contributed by atoms with Crippen LogP contribution >= 0.6 is 27.5 Å². The van der Waals surface area contributed by atoms with Crippen LogP contribution in [0.15, 0.2) is 40.9 Å². The first-order valence-corrected chi connectivity index (χ1v) is 7.88. The highest BCUT2D eigenvalue weighted by Crippen LogP contribution is 2.29. The molecular weight excluding hydrogens is 350 g/mol. The van der Waals surface area contributed by atoms with Crippen molar-refractivity contribution < 1.29 is 0 Å². The first-order valence-electron chi connectivity index (χ1n) is 6.71. The second-order valence-electron chi connectivity index (χ2n) is 5.09. The minimum atomic E-state index is 0.118. The van der Waals surface area contributed by atoms with Crippen molar-refractivity contribution >= 4 is 44.3 Å². The number of hydrogen-bond acceptors (Lipinski definition) is 2. The van der Waals surface area contributed by atoms with Crippen LogP contribution < -0.4 is 5.32 Å². The Morgan fingerprint density at radius 2 is 2.05 bits per heavy atom. The molecule has 0 fully saturated rings. The zero-order valence-electron chi connectivity index (χ0n) is 11.7. The number of anilines is 1. The summed E-state index contributed by atoms with van der Waals surface area (Å²) in [4.78, 5) is 7.65. The number of fused-ring (bicyclic) bond motifs is 1. The first-order chi connectivity index (χ1) is 10.0. The molecule has 5 heteroatoms. The summed E-state index contributed by atoms with van der Waals surface area (Å²) in [7, 11) is 0. The Morgan fingerprint density at radius 3 is 2.81 bits per heavy atom. The molecule has 0 saturated carbocycles. The van der Waals surface area contributed by atoms with E-state index in [-0.39, 0.29) is 6.04 Å². The average molecular weight is 365 g/mol. The predicted octanol–water partition coefficient (Wildman–Crippen LogP) is 5.46. The molecule has 0 radical (unpaired) electrons. The molecule has 0 aliphatic rings. The van der Waals surface area contributed by atoms with E-state index in [2.05, 4.69) is 44.2 Å². The average Bonchev–Trinajstić information content (AvgIpc) is 2.77. The van der Waals surface area contributed by atoms with Crippen LogP contribution in [0.4, 0.5) is 5.69 Å². The number of nitrogens with one attached hydrogen (secondary N) is 2. The Balaban J connectivity index is 1.86. The molecule has 1 heterocycles. The molecule has 1 unspecified atom stereocenters. The van der Waals surface area contributed by atoms with E-state index in [0.29, 0.717) is 0 Å². The van der Waals surface area contributed by atoms with Gasteiger partial charge in [-0.3, -0.25) is 0 Å². The van der Waals surface area contributed by atoms with Gasteiger partial charge in [-0.05, 0) is 49.7 Å². The molecule has 3 aromatic rings. The van der Waals surface area contributed by atoms with Gasteiger partial charge < -0.3 is 10.3 Å². The van der Waals surface area contributed by atoms with Crippen molar-refractivity contribution in [2.45, 2.75) is 19.9 Å². The minimum absolute atomic E-state index is 0.118. The SMILES string of the molecule is Cc1nc2ccc(NC(C)c3ccc(Br)cc3Cl)cc2[nH]1. The number of halogens is 2. The lowest BCUT2D eigenvalue weighted by atomic mass is 10.1. The molecule has 0 bridgehead atoms. The van der Waals surface area contributed by atoms with E-state index in [9.17, 15) is 0 Å². The molecule has 108 valence electrons. The zero-order valence-corrected chi connectivity index (χ0v) is 14.1. The van der Waals surface area contributed by atoms with Crippen LogP contribution in [0.25, 0.3) is 11.0 Å². The highest BCUT2D eigenvalue weighted by molar-refractivity contribution is 9.10. The third kappa shape index (κ3) is 3.06. The zero-order chi connectivity index (χ0) is 15.0. The summed E-state index contributed by atoms with van der Waals surface area (Å²) in [6.07, 6.45) is 0. The second-order valence-corrected chi connectivity index (χ2v) is 6.41. The summed E-state index contributed by atoms with van der Waals surface area (Å²) in [5, 5.41) is 4.22. The summed E-state index contributed by atoms with van der Waals surface area (Å²) < 4.78 is 0.984. The van der Waals surface area contributed by atoms with Gasteiger partial charge in [0.25, 0.3) is 0 Å². The number of H-pyrrole nitrogens is 1. The monoisotopic (exact) mass is 363 g/mol. The van der Waals surface area contributed by atoms with Crippen molar-refractivity contribution in [2.75, 3.05) is 5.32 Å². The van der Waals surface area contributed by atoms with Crippen molar-refractivity contribution in [1.82, 2.24) is 9.97 Å². The lowest BCUT2D eigenvalue weighted by Gasteiger charge is -2.17. The molecule has 0 aliphatic heterocycles. The number of imidazole rings is 1. The Hall–Kier alpha value is -1.52. The lowest BCUT2D eigenvalue weighted by Crippen LogP contribution is -2.07. The molecule has 21 heavy (non-hydrogen) atoms. The van der Waals surface area contributed by atoms with E-state index in [1.807, 2.05) is 37.3 Å². The van der Waals surface area contributed by atoms with Gasteiger partial charge >= 0.3 is 0 Å². The molecule has 0 amide bonds. The highest BCUT2D eigenvalue weighted by atomic mass is 79.9. The van der Waals surface area contributed by atoms with E-state index < -0.39 is 0 Å². The van der Waals surface area contributed by atoms with Gasteiger partial charge in [0.05, 0.1) is 11.0 Å². The number of benzene rings is 2. The van der Waals surface area contributed by atoms with E-state index in [1.165, 1.54) is 0 Å². The topological polar surface area (TPSA) is 40.7 Å². The van der Waals surface area contributed by atoms with Gasteiger partial charge in [0.2, 0.25) is 0 Å². The van der Waals surface area contributed by atoms with Crippen LogP contribution in [0.5, 0.6) is 0 Å². The molecule has 1 aromatic heterocycles. The third-order valence-corrected chi connectivity index (χ3v) is 4.23. The van der Waals surface area contributed by atoms with E-state index in [0.717, 1.165) is 37.6 Å². The van der Waals surface area contributed by atoms with Crippen LogP contribution in [-0.2, 0) is 0 Å². The van der Waals surface area contributed by atoms with Gasteiger partial charge in [-0.2, -0.15) is 0 Å². The smallest absolute Gasteiger partial charge is 0.104 e. The third-order valence-electron chi connectivity index (χ3n) is 3.41. The number of aromatic nitrogens is 2. The Morgan fingerprint density at radius 1 is 1.24 bits per heavy atom.